The lowest BCUT2D eigenvalue weighted by Gasteiger charge is -2.20. The zero-order valence-electron chi connectivity index (χ0n) is 10.8. The van der Waals surface area contributed by atoms with Crippen LogP contribution < -0.4 is 10.2 Å². The van der Waals surface area contributed by atoms with E-state index < -0.39 is 0 Å². The van der Waals surface area contributed by atoms with Crippen molar-refractivity contribution in [1.82, 2.24) is 10.3 Å². The molecular formula is C13H23N3. The Hall–Kier alpha value is -1.09. The van der Waals surface area contributed by atoms with Gasteiger partial charge in [-0.05, 0) is 24.6 Å². The Balaban J connectivity index is 2.65. The summed E-state index contributed by atoms with van der Waals surface area (Å²) in [4.78, 5) is 6.84. The molecule has 0 aromatic carbocycles. The summed E-state index contributed by atoms with van der Waals surface area (Å²) in [5, 5.41) is 3.29. The number of nitrogens with zero attached hydrogens (tertiary/aromatic N) is 2. The van der Waals surface area contributed by atoms with Gasteiger partial charge in [0.05, 0.1) is 5.69 Å². The summed E-state index contributed by atoms with van der Waals surface area (Å²) >= 11 is 0. The van der Waals surface area contributed by atoms with Crippen LogP contribution in [0.2, 0.25) is 0 Å². The lowest BCUT2D eigenvalue weighted by molar-refractivity contribution is 0.632. The third kappa shape index (κ3) is 4.19. The second-order valence-corrected chi connectivity index (χ2v) is 4.54. The van der Waals surface area contributed by atoms with Gasteiger partial charge in [-0.15, -0.1) is 0 Å². The van der Waals surface area contributed by atoms with E-state index in [4.69, 9.17) is 0 Å². The van der Waals surface area contributed by atoms with E-state index in [1.165, 1.54) is 0 Å². The van der Waals surface area contributed by atoms with Gasteiger partial charge in [0, 0.05) is 20.1 Å². The Labute approximate surface area is 98.9 Å². The molecule has 0 bridgehead atoms. The van der Waals surface area contributed by atoms with Crippen LogP contribution in [0, 0.1) is 5.92 Å². The van der Waals surface area contributed by atoms with Crippen LogP contribution in [0.1, 0.15) is 26.5 Å². The van der Waals surface area contributed by atoms with Gasteiger partial charge < -0.3 is 10.2 Å². The summed E-state index contributed by atoms with van der Waals surface area (Å²) in [5.41, 5.74) is 1.11. The maximum atomic E-state index is 4.63. The molecule has 1 aromatic heterocycles. The third-order valence-electron chi connectivity index (χ3n) is 2.38. The molecule has 0 aliphatic carbocycles. The van der Waals surface area contributed by atoms with Crippen molar-refractivity contribution in [2.45, 2.75) is 27.3 Å². The number of hydrogen-bond acceptors (Lipinski definition) is 3. The van der Waals surface area contributed by atoms with Crippen molar-refractivity contribution in [3.63, 3.8) is 0 Å². The minimum atomic E-state index is 0.657. The van der Waals surface area contributed by atoms with Gasteiger partial charge in [0.15, 0.2) is 0 Å². The summed E-state index contributed by atoms with van der Waals surface area (Å²) < 4.78 is 0. The van der Waals surface area contributed by atoms with Gasteiger partial charge >= 0.3 is 0 Å². The lowest BCUT2D eigenvalue weighted by Crippen LogP contribution is -2.24. The molecule has 0 aliphatic rings. The van der Waals surface area contributed by atoms with Crippen molar-refractivity contribution in [2.75, 3.05) is 25.0 Å². The van der Waals surface area contributed by atoms with Crippen molar-refractivity contribution < 1.29 is 0 Å². The molecule has 0 saturated heterocycles. The molecule has 3 heteroatoms. The highest BCUT2D eigenvalue weighted by atomic mass is 15.2. The Morgan fingerprint density at radius 3 is 2.75 bits per heavy atom. The van der Waals surface area contributed by atoms with Crippen LogP contribution >= 0.6 is 0 Å². The molecule has 0 amide bonds. The van der Waals surface area contributed by atoms with Crippen molar-refractivity contribution in [2.24, 2.45) is 5.92 Å². The standard InChI is InChI=1S/C13H23N3/c1-5-14-9-12-7-6-8-13(15-12)16(4)10-11(2)3/h6-8,11,14H,5,9-10H2,1-4H3. The molecule has 0 radical (unpaired) electrons. The molecule has 3 nitrogen and oxygen atoms in total. The largest absolute Gasteiger partial charge is 0.359 e. The Morgan fingerprint density at radius 1 is 1.38 bits per heavy atom. The maximum absolute atomic E-state index is 4.63. The van der Waals surface area contributed by atoms with E-state index in [2.05, 4.69) is 61.2 Å². The second kappa shape index (κ2) is 6.48. The number of nitrogens with one attached hydrogen (secondary N) is 1. The first-order chi connectivity index (χ1) is 7.63. The average Bonchev–Trinajstić information content (AvgIpc) is 2.26. The molecule has 0 saturated carbocycles. The van der Waals surface area contributed by atoms with E-state index in [-0.39, 0.29) is 0 Å². The van der Waals surface area contributed by atoms with Crippen LogP contribution in [-0.2, 0) is 6.54 Å². The molecule has 90 valence electrons. The van der Waals surface area contributed by atoms with Gasteiger partial charge in [-0.3, -0.25) is 0 Å². The first-order valence-electron chi connectivity index (χ1n) is 6.01. The number of aromatic nitrogens is 1. The van der Waals surface area contributed by atoms with Crippen molar-refractivity contribution in [3.05, 3.63) is 23.9 Å². The summed E-state index contributed by atoms with van der Waals surface area (Å²) in [6.45, 7) is 9.41. The van der Waals surface area contributed by atoms with Crippen LogP contribution in [0.25, 0.3) is 0 Å². The topological polar surface area (TPSA) is 28.2 Å². The Kier molecular flexibility index (Phi) is 5.26. The van der Waals surface area contributed by atoms with Crippen molar-refractivity contribution in [3.8, 4) is 0 Å². The normalized spacial score (nSPS) is 10.8. The molecule has 1 aromatic rings. The van der Waals surface area contributed by atoms with E-state index in [0.29, 0.717) is 5.92 Å². The fraction of sp³-hybridized carbons (Fsp3) is 0.615. The van der Waals surface area contributed by atoms with Crippen LogP contribution in [0.5, 0.6) is 0 Å². The van der Waals surface area contributed by atoms with Crippen molar-refractivity contribution in [1.29, 1.82) is 0 Å². The predicted molar refractivity (Wildman–Crippen MR) is 69.7 cm³/mol. The fourth-order valence-corrected chi connectivity index (χ4v) is 1.67. The predicted octanol–water partition coefficient (Wildman–Crippen LogP) is 2.28. The molecule has 1 rings (SSSR count). The molecule has 1 N–H and O–H groups in total. The van der Waals surface area contributed by atoms with Crippen LogP contribution in [0.4, 0.5) is 5.82 Å². The minimum absolute atomic E-state index is 0.657. The van der Waals surface area contributed by atoms with Gasteiger partial charge in [0.2, 0.25) is 0 Å². The van der Waals surface area contributed by atoms with E-state index in [9.17, 15) is 0 Å². The summed E-state index contributed by atoms with van der Waals surface area (Å²) in [7, 11) is 2.10. The van der Waals surface area contributed by atoms with Crippen molar-refractivity contribution >= 4 is 5.82 Å². The van der Waals surface area contributed by atoms with Crippen LogP contribution in [0.15, 0.2) is 18.2 Å². The first-order valence-corrected chi connectivity index (χ1v) is 6.01. The van der Waals surface area contributed by atoms with Gasteiger partial charge in [0.25, 0.3) is 0 Å². The fourth-order valence-electron chi connectivity index (χ4n) is 1.67. The van der Waals surface area contributed by atoms with Gasteiger partial charge in [-0.1, -0.05) is 26.8 Å². The SMILES string of the molecule is CCNCc1cccc(N(C)CC(C)C)n1. The molecule has 0 unspecified atom stereocenters. The zero-order chi connectivity index (χ0) is 12.0. The monoisotopic (exact) mass is 221 g/mol. The third-order valence-corrected chi connectivity index (χ3v) is 2.38. The number of rotatable bonds is 6. The average molecular weight is 221 g/mol. The summed E-state index contributed by atoms with van der Waals surface area (Å²) in [5.74, 6) is 1.72. The number of anilines is 1. The number of pyridine rings is 1. The molecule has 0 aliphatic heterocycles. The van der Waals surface area contributed by atoms with E-state index in [1.807, 2.05) is 0 Å². The highest BCUT2D eigenvalue weighted by molar-refractivity contribution is 5.38. The summed E-state index contributed by atoms with van der Waals surface area (Å²) in [6, 6.07) is 6.21. The Bertz CT molecular complexity index is 310. The molecule has 0 atom stereocenters. The summed E-state index contributed by atoms with van der Waals surface area (Å²) in [6.07, 6.45) is 0. The number of hydrogen-bond donors (Lipinski definition) is 1. The molecular weight excluding hydrogens is 198 g/mol. The van der Waals surface area contributed by atoms with Crippen LogP contribution in [0.3, 0.4) is 0 Å². The Morgan fingerprint density at radius 2 is 2.12 bits per heavy atom. The van der Waals surface area contributed by atoms with E-state index >= 15 is 0 Å². The zero-order valence-corrected chi connectivity index (χ0v) is 10.8. The first kappa shape index (κ1) is 13.0. The quantitative estimate of drug-likeness (QED) is 0.799. The second-order valence-electron chi connectivity index (χ2n) is 4.54. The van der Waals surface area contributed by atoms with Gasteiger partial charge in [0.1, 0.15) is 5.82 Å². The molecule has 16 heavy (non-hydrogen) atoms. The van der Waals surface area contributed by atoms with Gasteiger partial charge in [-0.2, -0.15) is 0 Å². The van der Waals surface area contributed by atoms with Crippen LogP contribution in [-0.4, -0.2) is 25.1 Å². The lowest BCUT2D eigenvalue weighted by atomic mass is 10.2. The minimum Gasteiger partial charge on any atom is -0.359 e. The molecule has 0 fully saturated rings. The smallest absolute Gasteiger partial charge is 0.128 e. The molecule has 1 heterocycles. The maximum Gasteiger partial charge on any atom is 0.128 e. The van der Waals surface area contributed by atoms with Gasteiger partial charge in [-0.25, -0.2) is 4.98 Å². The highest BCUT2D eigenvalue weighted by Crippen LogP contribution is 2.11. The molecule has 0 spiro atoms. The highest BCUT2D eigenvalue weighted by Gasteiger charge is 2.05. The van der Waals surface area contributed by atoms with E-state index in [0.717, 1.165) is 31.1 Å². The van der Waals surface area contributed by atoms with E-state index in [1.54, 1.807) is 0 Å².